The van der Waals surface area contributed by atoms with Crippen LogP contribution in [-0.2, 0) is 14.3 Å². The molecule has 1 rings (SSSR count). The zero-order valence-electron chi connectivity index (χ0n) is 20.9. The monoisotopic (exact) mass is 481 g/mol. The minimum atomic E-state index is -1.13. The van der Waals surface area contributed by atoms with Crippen LogP contribution in [0.1, 0.15) is 73.4 Å². The minimum Gasteiger partial charge on any atom is -0.508 e. The molecule has 0 heterocycles. The molecule has 3 amide bonds. The fourth-order valence-corrected chi connectivity index (χ4v) is 3.48. The molecule has 0 saturated carbocycles. The van der Waals surface area contributed by atoms with Crippen LogP contribution in [-0.4, -0.2) is 56.9 Å². The number of rotatable bonds is 9. The second-order valence-electron chi connectivity index (χ2n) is 9.88. The molecule has 33 heavy (non-hydrogen) atoms. The van der Waals surface area contributed by atoms with E-state index in [0.717, 1.165) is 0 Å². The highest BCUT2D eigenvalue weighted by atomic mass is 32.1. The second-order valence-corrected chi connectivity index (χ2v) is 10.2. The van der Waals surface area contributed by atoms with Gasteiger partial charge >= 0.3 is 6.09 Å². The number of phenols is 1. The van der Waals surface area contributed by atoms with E-state index in [1.165, 1.54) is 11.0 Å². The molecule has 0 aliphatic carbocycles. The number of phenolic OH excluding ortho intramolecular Hbond substituents is 1. The number of hydrogen-bond acceptors (Lipinski definition) is 6. The number of nitrogens with one attached hydrogen (secondary N) is 2. The molecule has 0 aromatic heterocycles. The molecule has 0 saturated heterocycles. The molecule has 2 unspecified atom stereocenters. The maximum atomic E-state index is 13.8. The van der Waals surface area contributed by atoms with Gasteiger partial charge in [-0.3, -0.25) is 9.59 Å². The Hall–Kier alpha value is -2.42. The third-order valence-electron chi connectivity index (χ3n) is 5.10. The molecule has 3 N–H and O–H groups in total. The second kappa shape index (κ2) is 11.6. The van der Waals surface area contributed by atoms with Crippen LogP contribution in [0.4, 0.5) is 4.79 Å². The molecule has 8 nitrogen and oxygen atoms in total. The van der Waals surface area contributed by atoms with Crippen LogP contribution < -0.4 is 10.6 Å². The lowest BCUT2D eigenvalue weighted by molar-refractivity contribution is -0.149. The number of thiol groups is 1. The van der Waals surface area contributed by atoms with Gasteiger partial charge in [-0.25, -0.2) is 4.79 Å². The summed E-state index contributed by atoms with van der Waals surface area (Å²) in [5.41, 5.74) is -1.25. The average Bonchev–Trinajstić information content (AvgIpc) is 2.68. The van der Waals surface area contributed by atoms with Crippen molar-refractivity contribution >= 4 is 30.5 Å². The summed E-state index contributed by atoms with van der Waals surface area (Å²) in [5.74, 6) is -1.05. The van der Waals surface area contributed by atoms with E-state index >= 15 is 0 Å². The van der Waals surface area contributed by atoms with Gasteiger partial charge in [-0.05, 0) is 61.0 Å². The van der Waals surface area contributed by atoms with Crippen LogP contribution in [0.15, 0.2) is 24.3 Å². The number of carbonyl (C=O) groups excluding carboxylic acids is 3. The van der Waals surface area contributed by atoms with Crippen molar-refractivity contribution < 1.29 is 24.2 Å². The molecule has 0 radical (unpaired) electrons. The zero-order valence-corrected chi connectivity index (χ0v) is 21.8. The van der Waals surface area contributed by atoms with Crippen LogP contribution in [0.2, 0.25) is 0 Å². The number of alkyl carbamates (subject to hydrolysis) is 1. The molecule has 0 aliphatic heterocycles. The quantitative estimate of drug-likeness (QED) is 0.401. The first-order valence-electron chi connectivity index (χ1n) is 11.2. The molecule has 0 aliphatic rings. The van der Waals surface area contributed by atoms with Crippen molar-refractivity contribution in [3.63, 3.8) is 0 Å². The summed E-state index contributed by atoms with van der Waals surface area (Å²) < 4.78 is 5.30. The highest BCUT2D eigenvalue weighted by Crippen LogP contribution is 2.35. The van der Waals surface area contributed by atoms with Gasteiger partial charge in [-0.15, -0.1) is 0 Å². The van der Waals surface area contributed by atoms with Crippen LogP contribution in [0.25, 0.3) is 0 Å². The van der Waals surface area contributed by atoms with E-state index in [9.17, 15) is 19.5 Å². The first kappa shape index (κ1) is 28.6. The maximum Gasteiger partial charge on any atom is 0.408 e. The number of ether oxygens (including phenoxy) is 1. The minimum absolute atomic E-state index is 0.00629. The van der Waals surface area contributed by atoms with E-state index in [0.29, 0.717) is 12.0 Å². The third-order valence-corrected chi connectivity index (χ3v) is 5.46. The molecule has 186 valence electrons. The predicted molar refractivity (Wildman–Crippen MR) is 132 cm³/mol. The molecule has 0 fully saturated rings. The molecule has 1 aromatic carbocycles. The van der Waals surface area contributed by atoms with Gasteiger partial charge < -0.3 is 25.4 Å². The van der Waals surface area contributed by atoms with E-state index in [4.69, 9.17) is 4.74 Å². The van der Waals surface area contributed by atoms with E-state index in [1.54, 1.807) is 39.0 Å². The number of benzene rings is 1. The van der Waals surface area contributed by atoms with Gasteiger partial charge in [-0.1, -0.05) is 25.1 Å². The summed E-state index contributed by atoms with van der Waals surface area (Å²) in [6, 6.07) is 4.07. The summed E-state index contributed by atoms with van der Waals surface area (Å²) in [6.07, 6.45) is -0.237. The lowest BCUT2D eigenvalue weighted by Crippen LogP contribution is -2.60. The summed E-state index contributed by atoms with van der Waals surface area (Å²) in [6.45, 7) is 14.4. The first-order valence-corrected chi connectivity index (χ1v) is 11.8. The molecule has 9 heteroatoms. The Labute approximate surface area is 202 Å². The summed E-state index contributed by atoms with van der Waals surface area (Å²) in [4.78, 5) is 41.0. The van der Waals surface area contributed by atoms with E-state index in [2.05, 4.69) is 23.3 Å². The van der Waals surface area contributed by atoms with Gasteiger partial charge in [-0.2, -0.15) is 12.6 Å². The van der Waals surface area contributed by atoms with Crippen LogP contribution in [0.3, 0.4) is 0 Å². The molecule has 0 bridgehead atoms. The highest BCUT2D eigenvalue weighted by molar-refractivity contribution is 7.80. The Morgan fingerprint density at radius 1 is 1.09 bits per heavy atom. The van der Waals surface area contributed by atoms with Gasteiger partial charge in [0, 0.05) is 22.9 Å². The molecular formula is C24H39N3O5S. The Morgan fingerprint density at radius 2 is 1.67 bits per heavy atom. The van der Waals surface area contributed by atoms with Crippen molar-refractivity contribution in [1.29, 1.82) is 0 Å². The Morgan fingerprint density at radius 3 is 2.12 bits per heavy atom. The number of nitrogens with zero attached hydrogens (tertiary/aromatic N) is 1. The molecular weight excluding hydrogens is 442 g/mol. The standard InChI is InChI=1S/C24H39N3O5S/c1-9-24(7,8)27(21(30)17(14-33)26-22(31)32-23(4,5)6)19(20(29)25-15(2)3)16-12-10-11-13-18(16)28/h10-13,15,17,19,28,33H,9,14H2,1-8H3,(H,25,29)(H,26,31). The predicted octanol–water partition coefficient (Wildman–Crippen LogP) is 3.80. The van der Waals surface area contributed by atoms with E-state index < -0.39 is 41.1 Å². The number of hydrogen-bond donors (Lipinski definition) is 4. The highest BCUT2D eigenvalue weighted by Gasteiger charge is 2.43. The normalized spacial score (nSPS) is 13.8. The smallest absolute Gasteiger partial charge is 0.408 e. The molecule has 0 spiro atoms. The van der Waals surface area contributed by atoms with Gasteiger partial charge in [0.05, 0.1) is 0 Å². The first-order chi connectivity index (χ1) is 15.1. The van der Waals surface area contributed by atoms with Gasteiger partial charge in [0.15, 0.2) is 0 Å². The number of carbonyl (C=O) groups is 3. The Bertz CT molecular complexity index is 836. The van der Waals surface area contributed by atoms with Gasteiger partial charge in [0.25, 0.3) is 0 Å². The zero-order chi connectivity index (χ0) is 25.6. The summed E-state index contributed by atoms with van der Waals surface area (Å²) in [7, 11) is 0. The van der Waals surface area contributed by atoms with Gasteiger partial charge in [0.2, 0.25) is 11.8 Å². The lowest BCUT2D eigenvalue weighted by Gasteiger charge is -2.44. The summed E-state index contributed by atoms with van der Waals surface area (Å²) in [5, 5.41) is 16.0. The van der Waals surface area contributed by atoms with Gasteiger partial charge in [0.1, 0.15) is 23.4 Å². The van der Waals surface area contributed by atoms with Crippen molar-refractivity contribution in [2.75, 3.05) is 5.75 Å². The summed E-state index contributed by atoms with van der Waals surface area (Å²) >= 11 is 4.28. The van der Waals surface area contributed by atoms with E-state index in [-0.39, 0.29) is 17.5 Å². The fourth-order valence-electron chi connectivity index (χ4n) is 3.23. The van der Waals surface area contributed by atoms with Crippen molar-refractivity contribution in [3.8, 4) is 5.75 Å². The molecule has 2 atom stereocenters. The average molecular weight is 482 g/mol. The van der Waals surface area contributed by atoms with Crippen molar-refractivity contribution in [2.24, 2.45) is 0 Å². The fraction of sp³-hybridized carbons (Fsp3) is 0.625. The molecule has 1 aromatic rings. The number of aromatic hydroxyl groups is 1. The Balaban J connectivity index is 3.55. The SMILES string of the molecule is CCC(C)(C)N(C(=O)C(CS)NC(=O)OC(C)(C)C)C(C(=O)NC(C)C)c1ccccc1O. The number of amides is 3. The topological polar surface area (TPSA) is 108 Å². The van der Waals surface area contributed by atoms with Crippen LogP contribution in [0.5, 0.6) is 5.75 Å². The maximum absolute atomic E-state index is 13.8. The lowest BCUT2D eigenvalue weighted by atomic mass is 9.91. The number of para-hydroxylation sites is 1. The third kappa shape index (κ3) is 8.14. The van der Waals surface area contributed by atoms with Crippen LogP contribution >= 0.6 is 12.6 Å². The van der Waals surface area contributed by atoms with Crippen molar-refractivity contribution in [1.82, 2.24) is 15.5 Å². The largest absolute Gasteiger partial charge is 0.508 e. The van der Waals surface area contributed by atoms with Crippen LogP contribution in [0, 0.1) is 0 Å². The van der Waals surface area contributed by atoms with E-state index in [1.807, 2.05) is 34.6 Å². The van der Waals surface area contributed by atoms with Crippen molar-refractivity contribution in [3.05, 3.63) is 29.8 Å². The Kier molecular flexibility index (Phi) is 10.1. The van der Waals surface area contributed by atoms with Crippen molar-refractivity contribution in [2.45, 2.75) is 91.1 Å².